The third kappa shape index (κ3) is 2.90. The van der Waals surface area contributed by atoms with Gasteiger partial charge >= 0.3 is 5.97 Å². The number of rotatable bonds is 3. The lowest BCUT2D eigenvalue weighted by Gasteiger charge is -2.13. The van der Waals surface area contributed by atoms with Crippen molar-refractivity contribution in [1.29, 1.82) is 0 Å². The zero-order chi connectivity index (χ0) is 16.6. The summed E-state index contributed by atoms with van der Waals surface area (Å²) in [5.41, 5.74) is 2.64. The molecule has 3 aromatic rings. The zero-order valence-electron chi connectivity index (χ0n) is 13.1. The van der Waals surface area contributed by atoms with Gasteiger partial charge in [0.2, 0.25) is 0 Å². The molecule has 0 atom stereocenters. The van der Waals surface area contributed by atoms with E-state index in [4.69, 9.17) is 4.74 Å². The fourth-order valence-electron chi connectivity index (χ4n) is 2.37. The van der Waals surface area contributed by atoms with E-state index in [9.17, 15) is 9.59 Å². The molecule has 3 rings (SSSR count). The van der Waals surface area contributed by atoms with Crippen LogP contribution in [0.1, 0.15) is 16.7 Å². The molecular formula is C17H16N2O3S. The fourth-order valence-corrected chi connectivity index (χ4v) is 3.10. The average Bonchev–Trinajstić information content (AvgIpc) is 3.00. The molecule has 118 valence electrons. The van der Waals surface area contributed by atoms with Crippen molar-refractivity contribution in [2.75, 3.05) is 0 Å². The number of thiophene rings is 1. The van der Waals surface area contributed by atoms with Gasteiger partial charge in [0, 0.05) is 0 Å². The maximum absolute atomic E-state index is 12.3. The normalized spacial score (nSPS) is 10.9. The van der Waals surface area contributed by atoms with Crippen LogP contribution in [0.15, 0.2) is 34.7 Å². The van der Waals surface area contributed by atoms with Crippen LogP contribution in [0.5, 0.6) is 5.75 Å². The molecule has 0 saturated carbocycles. The lowest BCUT2D eigenvalue weighted by Crippen LogP contribution is -2.26. The van der Waals surface area contributed by atoms with E-state index in [1.54, 1.807) is 11.4 Å². The van der Waals surface area contributed by atoms with Gasteiger partial charge in [-0.2, -0.15) is 0 Å². The summed E-state index contributed by atoms with van der Waals surface area (Å²) in [5.74, 6) is 0.0768. The molecule has 2 heterocycles. The molecule has 0 bridgehead atoms. The van der Waals surface area contributed by atoms with E-state index in [2.05, 4.69) is 4.98 Å². The van der Waals surface area contributed by atoms with E-state index < -0.39 is 5.97 Å². The Hall–Kier alpha value is -2.47. The Kier molecular flexibility index (Phi) is 4.00. The van der Waals surface area contributed by atoms with Gasteiger partial charge in [0.05, 0.1) is 11.7 Å². The van der Waals surface area contributed by atoms with E-state index >= 15 is 0 Å². The van der Waals surface area contributed by atoms with Gasteiger partial charge in [-0.1, -0.05) is 12.1 Å². The molecule has 1 aromatic carbocycles. The minimum Gasteiger partial charge on any atom is -0.425 e. The van der Waals surface area contributed by atoms with Crippen molar-refractivity contribution in [3.05, 3.63) is 57.0 Å². The van der Waals surface area contributed by atoms with E-state index in [0.29, 0.717) is 16.0 Å². The molecule has 0 amide bonds. The standard InChI is InChI=1S/C17H16N2O3S/c1-10-4-5-11(2)15(12(10)3)22-14(20)8-19-9-18-16-13(17(19)21)6-7-23-16/h4-7,9H,8H2,1-3H3. The van der Waals surface area contributed by atoms with Gasteiger partial charge in [-0.3, -0.25) is 9.36 Å². The number of aromatic nitrogens is 2. The first-order valence-electron chi connectivity index (χ1n) is 7.17. The van der Waals surface area contributed by atoms with Crippen LogP contribution in [0.2, 0.25) is 0 Å². The van der Waals surface area contributed by atoms with Crippen LogP contribution in [0, 0.1) is 20.8 Å². The van der Waals surface area contributed by atoms with Crippen LogP contribution in [-0.2, 0) is 11.3 Å². The van der Waals surface area contributed by atoms with Gasteiger partial charge in [-0.05, 0) is 48.9 Å². The van der Waals surface area contributed by atoms with Crippen molar-refractivity contribution in [3.63, 3.8) is 0 Å². The molecule has 0 radical (unpaired) electrons. The number of ether oxygens (including phenoxy) is 1. The highest BCUT2D eigenvalue weighted by atomic mass is 32.1. The number of carbonyl (C=O) groups excluding carboxylic acids is 1. The second-order valence-electron chi connectivity index (χ2n) is 5.44. The number of hydrogen-bond donors (Lipinski definition) is 0. The number of fused-ring (bicyclic) bond motifs is 1. The summed E-state index contributed by atoms with van der Waals surface area (Å²) in [4.78, 5) is 29.4. The van der Waals surface area contributed by atoms with Crippen molar-refractivity contribution >= 4 is 27.5 Å². The Morgan fingerprint density at radius 1 is 1.22 bits per heavy atom. The van der Waals surface area contributed by atoms with Crippen LogP contribution < -0.4 is 10.3 Å². The minimum absolute atomic E-state index is 0.162. The molecule has 0 aliphatic rings. The van der Waals surface area contributed by atoms with E-state index in [1.807, 2.05) is 32.9 Å². The Bertz CT molecular complexity index is 956. The maximum atomic E-state index is 12.3. The highest BCUT2D eigenvalue weighted by molar-refractivity contribution is 7.16. The van der Waals surface area contributed by atoms with Gasteiger partial charge in [-0.25, -0.2) is 9.78 Å². The van der Waals surface area contributed by atoms with Crippen LogP contribution >= 0.6 is 11.3 Å². The topological polar surface area (TPSA) is 61.2 Å². The molecule has 0 aliphatic heterocycles. The summed E-state index contributed by atoms with van der Waals surface area (Å²) in [5, 5.41) is 2.33. The molecule has 0 saturated heterocycles. The summed E-state index contributed by atoms with van der Waals surface area (Å²) >= 11 is 1.40. The highest BCUT2D eigenvalue weighted by Gasteiger charge is 2.14. The average molecular weight is 328 g/mol. The highest BCUT2D eigenvalue weighted by Crippen LogP contribution is 2.25. The van der Waals surface area contributed by atoms with Crippen molar-refractivity contribution in [3.8, 4) is 5.75 Å². The van der Waals surface area contributed by atoms with Gasteiger partial charge in [0.1, 0.15) is 17.1 Å². The first-order valence-corrected chi connectivity index (χ1v) is 8.05. The van der Waals surface area contributed by atoms with Crippen LogP contribution in [0.25, 0.3) is 10.2 Å². The minimum atomic E-state index is -0.486. The summed E-state index contributed by atoms with van der Waals surface area (Å²) < 4.78 is 6.76. The molecule has 0 N–H and O–H groups in total. The van der Waals surface area contributed by atoms with Crippen molar-refractivity contribution in [2.24, 2.45) is 0 Å². The van der Waals surface area contributed by atoms with E-state index in [1.165, 1.54) is 22.2 Å². The van der Waals surface area contributed by atoms with E-state index in [0.717, 1.165) is 16.7 Å². The lowest BCUT2D eigenvalue weighted by atomic mass is 10.1. The molecule has 23 heavy (non-hydrogen) atoms. The number of esters is 1. The molecule has 0 spiro atoms. The summed E-state index contributed by atoms with van der Waals surface area (Å²) in [6, 6.07) is 5.61. The number of carbonyl (C=O) groups is 1. The number of hydrogen-bond acceptors (Lipinski definition) is 5. The van der Waals surface area contributed by atoms with Crippen LogP contribution in [0.4, 0.5) is 0 Å². The predicted octanol–water partition coefficient (Wildman–Crippen LogP) is 2.99. The lowest BCUT2D eigenvalue weighted by molar-refractivity contribution is -0.135. The Labute approximate surface area is 137 Å². The largest absolute Gasteiger partial charge is 0.425 e. The number of aryl methyl sites for hydroxylation is 2. The third-order valence-corrected chi connectivity index (χ3v) is 4.66. The molecule has 2 aromatic heterocycles. The predicted molar refractivity (Wildman–Crippen MR) is 90.2 cm³/mol. The second kappa shape index (κ2) is 5.96. The molecule has 6 heteroatoms. The van der Waals surface area contributed by atoms with Gasteiger partial charge in [-0.15, -0.1) is 11.3 Å². The van der Waals surface area contributed by atoms with E-state index in [-0.39, 0.29) is 12.1 Å². The number of nitrogens with zero attached hydrogens (tertiary/aromatic N) is 2. The van der Waals surface area contributed by atoms with Crippen LogP contribution in [-0.4, -0.2) is 15.5 Å². The molecule has 0 aliphatic carbocycles. The second-order valence-corrected chi connectivity index (χ2v) is 6.34. The SMILES string of the molecule is Cc1ccc(C)c(OC(=O)Cn2cnc3sccc3c2=O)c1C. The summed E-state index contributed by atoms with van der Waals surface area (Å²) in [6.45, 7) is 5.60. The summed E-state index contributed by atoms with van der Waals surface area (Å²) in [7, 11) is 0. The molecule has 0 fully saturated rings. The van der Waals surface area contributed by atoms with Gasteiger partial charge in [0.25, 0.3) is 5.56 Å². The summed E-state index contributed by atoms with van der Waals surface area (Å²) in [6.07, 6.45) is 1.39. The van der Waals surface area contributed by atoms with Crippen LogP contribution in [0.3, 0.4) is 0 Å². The maximum Gasteiger partial charge on any atom is 0.331 e. The van der Waals surface area contributed by atoms with Crippen molar-refractivity contribution in [2.45, 2.75) is 27.3 Å². The fraction of sp³-hybridized carbons (Fsp3) is 0.235. The quantitative estimate of drug-likeness (QED) is 0.548. The van der Waals surface area contributed by atoms with Gasteiger partial charge in [0.15, 0.2) is 0 Å². The first kappa shape index (κ1) is 15.4. The molecule has 0 unspecified atom stereocenters. The monoisotopic (exact) mass is 328 g/mol. The Balaban J connectivity index is 1.86. The third-order valence-electron chi connectivity index (χ3n) is 3.84. The Morgan fingerprint density at radius 3 is 2.74 bits per heavy atom. The van der Waals surface area contributed by atoms with Crippen molar-refractivity contribution in [1.82, 2.24) is 9.55 Å². The number of benzene rings is 1. The van der Waals surface area contributed by atoms with Crippen molar-refractivity contribution < 1.29 is 9.53 Å². The first-order chi connectivity index (χ1) is 11.0. The molecular weight excluding hydrogens is 312 g/mol. The molecule has 5 nitrogen and oxygen atoms in total. The zero-order valence-corrected chi connectivity index (χ0v) is 13.9. The smallest absolute Gasteiger partial charge is 0.331 e. The van der Waals surface area contributed by atoms with Gasteiger partial charge < -0.3 is 4.74 Å². The Morgan fingerprint density at radius 2 is 1.96 bits per heavy atom.